The van der Waals surface area contributed by atoms with Crippen LogP contribution >= 0.6 is 11.6 Å². The topological polar surface area (TPSA) is 91.0 Å². The Balaban J connectivity index is 2.89. The van der Waals surface area contributed by atoms with Crippen LogP contribution in [0.5, 0.6) is 0 Å². The standard InChI is InChI=1S/C9H10ClFN4O/c1-4-2-5(11)3-6(10)7(4)14-9(16)15-8(12)13/h2-3H,1H3,(H5,12,13,14,15,16). The lowest BCUT2D eigenvalue weighted by Crippen LogP contribution is -2.38. The molecule has 16 heavy (non-hydrogen) atoms. The third-order valence-electron chi connectivity index (χ3n) is 1.74. The largest absolute Gasteiger partial charge is 0.370 e. The Hall–Kier alpha value is -1.82. The van der Waals surface area contributed by atoms with Gasteiger partial charge in [-0.25, -0.2) is 9.18 Å². The fourth-order valence-electron chi connectivity index (χ4n) is 1.13. The van der Waals surface area contributed by atoms with Gasteiger partial charge < -0.3 is 11.1 Å². The molecule has 7 heteroatoms. The number of carbonyl (C=O) groups excluding carboxylic acids is 1. The molecule has 2 amide bonds. The molecule has 0 unspecified atom stereocenters. The number of hydrogen-bond acceptors (Lipinski definition) is 2. The number of anilines is 1. The highest BCUT2D eigenvalue weighted by Crippen LogP contribution is 2.26. The maximum Gasteiger partial charge on any atom is 0.326 e. The first-order chi connectivity index (χ1) is 7.40. The van der Waals surface area contributed by atoms with Gasteiger partial charge in [-0.05, 0) is 24.6 Å². The van der Waals surface area contributed by atoms with Crippen LogP contribution in [0.2, 0.25) is 5.02 Å². The fourth-order valence-corrected chi connectivity index (χ4v) is 1.43. The van der Waals surface area contributed by atoms with E-state index in [-0.39, 0.29) is 10.7 Å². The van der Waals surface area contributed by atoms with Gasteiger partial charge in [-0.2, -0.15) is 0 Å². The number of nitrogens with one attached hydrogen (secondary N) is 3. The quantitative estimate of drug-likeness (QED) is 0.448. The van der Waals surface area contributed by atoms with Gasteiger partial charge in [0, 0.05) is 0 Å². The van der Waals surface area contributed by atoms with Crippen molar-refractivity contribution >= 4 is 29.3 Å². The first-order valence-corrected chi connectivity index (χ1v) is 4.65. The molecule has 0 spiro atoms. The molecule has 0 aromatic heterocycles. The number of urea groups is 1. The third-order valence-corrected chi connectivity index (χ3v) is 2.04. The maximum atomic E-state index is 12.9. The van der Waals surface area contributed by atoms with Crippen molar-refractivity contribution in [2.45, 2.75) is 6.92 Å². The molecule has 0 atom stereocenters. The van der Waals surface area contributed by atoms with Gasteiger partial charge in [-0.1, -0.05) is 11.6 Å². The molecule has 0 saturated heterocycles. The van der Waals surface area contributed by atoms with Crippen molar-refractivity contribution in [2.24, 2.45) is 5.73 Å². The first kappa shape index (κ1) is 12.3. The van der Waals surface area contributed by atoms with Crippen LogP contribution in [-0.2, 0) is 0 Å². The van der Waals surface area contributed by atoms with Gasteiger partial charge in [0.25, 0.3) is 0 Å². The zero-order valence-corrected chi connectivity index (χ0v) is 9.15. The Bertz CT molecular complexity index is 426. The summed E-state index contributed by atoms with van der Waals surface area (Å²) in [5.41, 5.74) is 5.72. The van der Waals surface area contributed by atoms with Crippen molar-refractivity contribution in [1.82, 2.24) is 5.32 Å². The van der Waals surface area contributed by atoms with Crippen molar-refractivity contribution in [3.8, 4) is 0 Å². The molecular weight excluding hydrogens is 235 g/mol. The Morgan fingerprint density at radius 3 is 2.69 bits per heavy atom. The third kappa shape index (κ3) is 3.09. The Kier molecular flexibility index (Phi) is 3.68. The summed E-state index contributed by atoms with van der Waals surface area (Å²) in [4.78, 5) is 11.2. The van der Waals surface area contributed by atoms with Crippen molar-refractivity contribution in [3.05, 3.63) is 28.5 Å². The van der Waals surface area contributed by atoms with Gasteiger partial charge in [0.15, 0.2) is 5.96 Å². The number of amides is 2. The van der Waals surface area contributed by atoms with Crippen molar-refractivity contribution < 1.29 is 9.18 Å². The highest BCUT2D eigenvalue weighted by atomic mass is 35.5. The Labute approximate surface area is 96.3 Å². The average molecular weight is 245 g/mol. The van der Waals surface area contributed by atoms with Crippen LogP contribution < -0.4 is 16.4 Å². The molecule has 86 valence electrons. The summed E-state index contributed by atoms with van der Waals surface area (Å²) in [6, 6.07) is 1.61. The Morgan fingerprint density at radius 2 is 2.19 bits per heavy atom. The summed E-state index contributed by atoms with van der Waals surface area (Å²) in [6.07, 6.45) is 0. The van der Waals surface area contributed by atoms with Gasteiger partial charge in [0.05, 0.1) is 10.7 Å². The van der Waals surface area contributed by atoms with Crippen LogP contribution in [0.25, 0.3) is 0 Å². The normalized spacial score (nSPS) is 9.69. The zero-order chi connectivity index (χ0) is 12.3. The number of guanidine groups is 1. The van der Waals surface area contributed by atoms with Crippen molar-refractivity contribution in [3.63, 3.8) is 0 Å². The van der Waals surface area contributed by atoms with E-state index in [4.69, 9.17) is 22.7 Å². The summed E-state index contributed by atoms with van der Waals surface area (Å²) in [5, 5.41) is 11.3. The second-order valence-corrected chi connectivity index (χ2v) is 3.48. The molecule has 5 N–H and O–H groups in total. The number of halogens is 2. The number of carbonyl (C=O) groups is 1. The van der Waals surface area contributed by atoms with E-state index in [9.17, 15) is 9.18 Å². The van der Waals surface area contributed by atoms with Crippen LogP contribution in [-0.4, -0.2) is 12.0 Å². The van der Waals surface area contributed by atoms with E-state index < -0.39 is 17.8 Å². The smallest absolute Gasteiger partial charge is 0.326 e. The van der Waals surface area contributed by atoms with E-state index in [0.717, 1.165) is 6.07 Å². The average Bonchev–Trinajstić information content (AvgIpc) is 2.09. The molecule has 0 aliphatic carbocycles. The summed E-state index contributed by atoms with van der Waals surface area (Å²) in [6.45, 7) is 1.60. The number of benzene rings is 1. The van der Waals surface area contributed by atoms with E-state index in [1.165, 1.54) is 6.07 Å². The SMILES string of the molecule is Cc1cc(F)cc(Cl)c1NC(=O)NC(=N)N. The molecule has 1 rings (SSSR count). The van der Waals surface area contributed by atoms with E-state index in [1.54, 1.807) is 6.92 Å². The molecule has 0 radical (unpaired) electrons. The molecule has 1 aromatic carbocycles. The Morgan fingerprint density at radius 1 is 1.56 bits per heavy atom. The molecule has 0 aliphatic rings. The van der Waals surface area contributed by atoms with E-state index in [0.29, 0.717) is 5.56 Å². The van der Waals surface area contributed by atoms with Gasteiger partial charge in [0.1, 0.15) is 5.82 Å². The monoisotopic (exact) mass is 244 g/mol. The second kappa shape index (κ2) is 4.80. The molecule has 0 fully saturated rings. The summed E-state index contributed by atoms with van der Waals surface area (Å²) in [5.74, 6) is -0.978. The lowest BCUT2D eigenvalue weighted by atomic mass is 10.2. The predicted octanol–water partition coefficient (Wildman–Crippen LogP) is 1.80. The highest BCUT2D eigenvalue weighted by molar-refractivity contribution is 6.34. The second-order valence-electron chi connectivity index (χ2n) is 3.07. The summed E-state index contributed by atoms with van der Waals surface area (Å²) < 4.78 is 12.9. The minimum Gasteiger partial charge on any atom is -0.370 e. The fraction of sp³-hybridized carbons (Fsp3) is 0.111. The number of rotatable bonds is 1. The number of aryl methyl sites for hydroxylation is 1. The molecule has 0 aliphatic heterocycles. The van der Waals surface area contributed by atoms with Crippen LogP contribution in [0.1, 0.15) is 5.56 Å². The molecule has 0 heterocycles. The number of hydrogen-bond donors (Lipinski definition) is 4. The summed E-state index contributed by atoms with van der Waals surface area (Å²) in [7, 11) is 0. The lowest BCUT2D eigenvalue weighted by Gasteiger charge is -2.10. The first-order valence-electron chi connectivity index (χ1n) is 4.28. The minimum atomic E-state index is -0.705. The van der Waals surface area contributed by atoms with Gasteiger partial charge >= 0.3 is 6.03 Å². The van der Waals surface area contributed by atoms with E-state index in [2.05, 4.69) is 5.32 Å². The molecule has 5 nitrogen and oxygen atoms in total. The highest BCUT2D eigenvalue weighted by Gasteiger charge is 2.10. The minimum absolute atomic E-state index is 0.0798. The van der Waals surface area contributed by atoms with Crippen LogP contribution in [0.4, 0.5) is 14.9 Å². The van der Waals surface area contributed by atoms with E-state index >= 15 is 0 Å². The molecular formula is C9H10ClFN4O. The van der Waals surface area contributed by atoms with Gasteiger partial charge in [-0.3, -0.25) is 10.7 Å². The lowest BCUT2D eigenvalue weighted by molar-refractivity contribution is 0.256. The van der Waals surface area contributed by atoms with Crippen molar-refractivity contribution in [2.75, 3.05) is 5.32 Å². The molecule has 1 aromatic rings. The molecule has 0 bridgehead atoms. The van der Waals surface area contributed by atoms with E-state index in [1.807, 2.05) is 5.32 Å². The van der Waals surface area contributed by atoms with Crippen LogP contribution in [0, 0.1) is 18.2 Å². The zero-order valence-electron chi connectivity index (χ0n) is 8.40. The van der Waals surface area contributed by atoms with Crippen molar-refractivity contribution in [1.29, 1.82) is 5.41 Å². The maximum absolute atomic E-state index is 12.9. The predicted molar refractivity (Wildman–Crippen MR) is 60.2 cm³/mol. The van der Waals surface area contributed by atoms with Crippen LogP contribution in [0.15, 0.2) is 12.1 Å². The van der Waals surface area contributed by atoms with Gasteiger partial charge in [-0.15, -0.1) is 0 Å². The van der Waals surface area contributed by atoms with Gasteiger partial charge in [0.2, 0.25) is 0 Å². The number of nitrogens with two attached hydrogens (primary N) is 1. The summed E-state index contributed by atoms with van der Waals surface area (Å²) >= 11 is 5.75. The van der Waals surface area contributed by atoms with Crippen LogP contribution in [0.3, 0.4) is 0 Å². The molecule has 0 saturated carbocycles.